The Morgan fingerprint density at radius 2 is 2.11 bits per heavy atom. The summed E-state index contributed by atoms with van der Waals surface area (Å²) in [6.07, 6.45) is 2.43. The van der Waals surface area contributed by atoms with Gasteiger partial charge in [-0.05, 0) is 51.3 Å². The van der Waals surface area contributed by atoms with Crippen LogP contribution in [0.5, 0.6) is 5.75 Å². The van der Waals surface area contributed by atoms with Crippen molar-refractivity contribution in [3.63, 3.8) is 0 Å². The first-order chi connectivity index (χ1) is 8.72. The van der Waals surface area contributed by atoms with Gasteiger partial charge in [0, 0.05) is 5.22 Å². The summed E-state index contributed by atoms with van der Waals surface area (Å²) in [5.74, 6) is 0.0445. The highest BCUT2D eigenvalue weighted by Gasteiger charge is 2.28. The van der Waals surface area contributed by atoms with Crippen molar-refractivity contribution < 1.29 is 9.90 Å². The zero-order valence-corrected chi connectivity index (χ0v) is 11.9. The number of carbonyl (C=O) groups excluding carboxylic acids is 1. The van der Waals surface area contributed by atoms with Crippen LogP contribution in [0.4, 0.5) is 0 Å². The van der Waals surface area contributed by atoms with Crippen molar-refractivity contribution in [2.75, 3.05) is 0 Å². The number of aromatic hydroxyl groups is 1. The van der Waals surface area contributed by atoms with Crippen molar-refractivity contribution in [3.8, 4) is 5.75 Å². The molecule has 3 heteroatoms. The number of phenolic OH excluding ortho intramolecular Hbond substituents is 1. The van der Waals surface area contributed by atoms with E-state index in [1.165, 1.54) is 0 Å². The predicted molar refractivity (Wildman–Crippen MR) is 75.4 cm³/mol. The number of allylic oxidation sites excluding steroid dienone is 1. The molecule has 0 radical (unpaired) electrons. The molecule has 0 fully saturated rings. The Labute approximate surface area is 113 Å². The summed E-state index contributed by atoms with van der Waals surface area (Å²) >= 11 is 0. The monoisotopic (exact) mass is 257 g/mol. The summed E-state index contributed by atoms with van der Waals surface area (Å²) in [4.78, 5) is 16.0. The molecule has 1 aromatic carbocycles. The highest BCUT2D eigenvalue weighted by Crippen LogP contribution is 2.23. The summed E-state index contributed by atoms with van der Waals surface area (Å²) in [7, 11) is 0. The van der Waals surface area contributed by atoms with Gasteiger partial charge < -0.3 is 5.11 Å². The molecule has 0 aliphatic carbocycles. The number of hydrogen-bond acceptors (Lipinski definition) is 2. The van der Waals surface area contributed by atoms with Crippen LogP contribution in [-0.4, -0.2) is 11.0 Å². The van der Waals surface area contributed by atoms with E-state index in [1.807, 2.05) is 39.8 Å². The maximum Gasteiger partial charge on any atom is 0.255 e. The third-order valence-electron chi connectivity index (χ3n) is 3.34. The van der Waals surface area contributed by atoms with E-state index in [9.17, 15) is 9.90 Å². The fourth-order valence-corrected chi connectivity index (χ4v) is 2.31. The molecule has 1 aromatic rings. The molecule has 0 atom stereocenters. The molecule has 1 heterocycles. The van der Waals surface area contributed by atoms with Crippen LogP contribution in [0.25, 0.3) is 6.08 Å². The van der Waals surface area contributed by atoms with Gasteiger partial charge in [-0.2, -0.15) is 0 Å². The molecular weight excluding hydrogens is 238 g/mol. The molecule has 0 aromatic heterocycles. The standard InChI is InChI=1S/C16H19NO2/c1-9(2)6-11-7-10(3)13-12(14(11)18)8-16(4,5)15(19)17-13/h7-8,18H,1,6H2,2-5H3. The van der Waals surface area contributed by atoms with Crippen molar-refractivity contribution >= 4 is 12.0 Å². The number of phenols is 1. The lowest BCUT2D eigenvalue weighted by Gasteiger charge is -2.20. The summed E-state index contributed by atoms with van der Waals surface area (Å²) in [6, 6.07) is 1.88. The van der Waals surface area contributed by atoms with Gasteiger partial charge in [-0.25, -0.2) is 4.99 Å². The summed E-state index contributed by atoms with van der Waals surface area (Å²) in [6.45, 7) is 11.3. The third kappa shape index (κ3) is 2.33. The average molecular weight is 257 g/mol. The van der Waals surface area contributed by atoms with Crippen LogP contribution in [0.15, 0.2) is 23.2 Å². The summed E-state index contributed by atoms with van der Waals surface area (Å²) in [5.41, 5.74) is 2.06. The molecule has 100 valence electrons. The van der Waals surface area contributed by atoms with E-state index < -0.39 is 5.41 Å². The minimum Gasteiger partial charge on any atom is -0.507 e. The minimum absolute atomic E-state index is 0.171. The maximum absolute atomic E-state index is 11.9. The van der Waals surface area contributed by atoms with Crippen molar-refractivity contribution in [1.82, 2.24) is 0 Å². The van der Waals surface area contributed by atoms with E-state index >= 15 is 0 Å². The first-order valence-corrected chi connectivity index (χ1v) is 6.34. The Morgan fingerprint density at radius 1 is 1.47 bits per heavy atom. The number of hydrogen-bond donors (Lipinski definition) is 1. The molecule has 0 spiro atoms. The molecule has 19 heavy (non-hydrogen) atoms. The first kappa shape index (κ1) is 13.5. The molecular formula is C16H19NO2. The van der Waals surface area contributed by atoms with Crippen LogP contribution in [0.1, 0.15) is 31.9 Å². The van der Waals surface area contributed by atoms with E-state index in [0.717, 1.165) is 16.7 Å². The second kappa shape index (κ2) is 4.34. The lowest BCUT2D eigenvalue weighted by Crippen LogP contribution is -2.39. The zero-order valence-electron chi connectivity index (χ0n) is 11.9. The Bertz CT molecular complexity index is 696. The predicted octanol–water partition coefficient (Wildman–Crippen LogP) is 1.79. The number of aryl methyl sites for hydroxylation is 1. The normalized spacial score (nSPS) is 16.3. The van der Waals surface area contributed by atoms with Gasteiger partial charge >= 0.3 is 0 Å². The number of fused-ring (bicyclic) bond motifs is 1. The third-order valence-corrected chi connectivity index (χ3v) is 3.34. The number of benzene rings is 1. The van der Waals surface area contributed by atoms with Gasteiger partial charge in [-0.15, -0.1) is 0 Å². The molecule has 1 N–H and O–H groups in total. The Balaban J connectivity index is 2.81. The van der Waals surface area contributed by atoms with Crippen LogP contribution < -0.4 is 10.6 Å². The molecule has 0 unspecified atom stereocenters. The van der Waals surface area contributed by atoms with Crippen LogP contribution in [0, 0.1) is 12.3 Å². The minimum atomic E-state index is -0.668. The SMILES string of the molecule is C=C(C)Cc1cc(C)c2c(c1O)=CC(C)(C)C(=O)N=2. The van der Waals surface area contributed by atoms with E-state index in [2.05, 4.69) is 11.6 Å². The van der Waals surface area contributed by atoms with Crippen molar-refractivity contribution in [2.24, 2.45) is 10.4 Å². The van der Waals surface area contributed by atoms with Gasteiger partial charge in [-0.3, -0.25) is 4.79 Å². The molecule has 1 aliphatic heterocycles. The number of amides is 1. The maximum atomic E-state index is 11.9. The van der Waals surface area contributed by atoms with Gasteiger partial charge in [0.25, 0.3) is 5.91 Å². The highest BCUT2D eigenvalue weighted by atomic mass is 16.3. The number of nitrogens with zero attached hydrogens (tertiary/aromatic N) is 1. The van der Waals surface area contributed by atoms with Gasteiger partial charge in [0.1, 0.15) is 5.75 Å². The quantitative estimate of drug-likeness (QED) is 0.821. The fourth-order valence-electron chi connectivity index (χ4n) is 2.31. The lowest BCUT2D eigenvalue weighted by molar-refractivity contribution is -0.123. The van der Waals surface area contributed by atoms with E-state index in [4.69, 9.17) is 0 Å². The fraction of sp³-hybridized carbons (Fsp3) is 0.375. The first-order valence-electron chi connectivity index (χ1n) is 6.34. The van der Waals surface area contributed by atoms with Crippen LogP contribution in [0.2, 0.25) is 0 Å². The van der Waals surface area contributed by atoms with Crippen LogP contribution >= 0.6 is 0 Å². The lowest BCUT2D eigenvalue weighted by atomic mass is 9.87. The van der Waals surface area contributed by atoms with Crippen LogP contribution in [-0.2, 0) is 11.2 Å². The molecule has 1 aliphatic rings. The van der Waals surface area contributed by atoms with E-state index in [0.29, 0.717) is 17.0 Å². The molecule has 0 saturated heterocycles. The Morgan fingerprint density at radius 3 is 2.68 bits per heavy atom. The Hall–Kier alpha value is -1.90. The Kier molecular flexibility index (Phi) is 3.09. The topological polar surface area (TPSA) is 49.7 Å². The van der Waals surface area contributed by atoms with Gasteiger partial charge in [0.05, 0.1) is 10.8 Å². The number of rotatable bonds is 2. The largest absolute Gasteiger partial charge is 0.507 e. The summed E-state index contributed by atoms with van der Waals surface area (Å²) < 4.78 is 0. The molecule has 0 bridgehead atoms. The molecule has 1 amide bonds. The smallest absolute Gasteiger partial charge is 0.255 e. The van der Waals surface area contributed by atoms with Gasteiger partial charge in [-0.1, -0.05) is 18.2 Å². The van der Waals surface area contributed by atoms with Crippen molar-refractivity contribution in [3.05, 3.63) is 39.9 Å². The van der Waals surface area contributed by atoms with Crippen molar-refractivity contribution in [1.29, 1.82) is 0 Å². The molecule has 0 saturated carbocycles. The molecule has 3 nitrogen and oxygen atoms in total. The summed E-state index contributed by atoms with van der Waals surface area (Å²) in [5, 5.41) is 11.6. The van der Waals surface area contributed by atoms with Crippen LogP contribution in [0.3, 0.4) is 0 Å². The molecule has 2 rings (SSSR count). The van der Waals surface area contributed by atoms with E-state index in [-0.39, 0.29) is 11.7 Å². The highest BCUT2D eigenvalue weighted by molar-refractivity contribution is 5.90. The second-order valence-electron chi connectivity index (χ2n) is 5.88. The van der Waals surface area contributed by atoms with Gasteiger partial charge in [0.15, 0.2) is 0 Å². The second-order valence-corrected chi connectivity index (χ2v) is 5.88. The zero-order chi connectivity index (χ0) is 14.4. The number of carbonyl (C=O) groups is 1. The van der Waals surface area contributed by atoms with E-state index in [1.54, 1.807) is 0 Å². The van der Waals surface area contributed by atoms with Crippen molar-refractivity contribution in [2.45, 2.75) is 34.1 Å². The van der Waals surface area contributed by atoms with Gasteiger partial charge in [0.2, 0.25) is 0 Å². The average Bonchev–Trinajstić information content (AvgIpc) is 2.27.